The number of unbranched alkanes of at least 4 members (excludes halogenated alkanes) is 2. The Morgan fingerprint density at radius 2 is 1.68 bits per heavy atom. The standard InChI is InChI=1S/C24H38O7/c1-5-7-13-28-17-21-22(29-14-8-6-2)20(15-25)23(24(27-4)31-21)30-16-18-9-11-19(26-3)12-10-18/h9-12,15,20-24H,5-8,13-14,16-17H2,1-4H3/t20?,21?,22-,23+,24-/m1/s1. The molecule has 0 aromatic heterocycles. The molecule has 1 aliphatic heterocycles. The number of aldehydes is 1. The van der Waals surface area contributed by atoms with E-state index in [2.05, 4.69) is 13.8 Å². The van der Waals surface area contributed by atoms with Gasteiger partial charge in [0.2, 0.25) is 0 Å². The Bertz CT molecular complexity index is 606. The van der Waals surface area contributed by atoms with Crippen molar-refractivity contribution < 1.29 is 33.2 Å². The number of hydrogen-bond donors (Lipinski definition) is 0. The molecule has 7 nitrogen and oxygen atoms in total. The van der Waals surface area contributed by atoms with Crippen LogP contribution < -0.4 is 4.74 Å². The largest absolute Gasteiger partial charge is 0.497 e. The summed E-state index contributed by atoms with van der Waals surface area (Å²) in [6.45, 7) is 6.10. The molecule has 176 valence electrons. The summed E-state index contributed by atoms with van der Waals surface area (Å²) in [4.78, 5) is 12.2. The van der Waals surface area contributed by atoms with Crippen molar-refractivity contribution >= 4 is 6.29 Å². The molecule has 1 aliphatic rings. The molecule has 0 radical (unpaired) electrons. The molecule has 0 aliphatic carbocycles. The third kappa shape index (κ3) is 7.84. The Morgan fingerprint density at radius 1 is 0.968 bits per heavy atom. The van der Waals surface area contributed by atoms with E-state index in [-0.39, 0.29) is 0 Å². The Labute approximate surface area is 186 Å². The summed E-state index contributed by atoms with van der Waals surface area (Å²) < 4.78 is 34.9. The van der Waals surface area contributed by atoms with Gasteiger partial charge in [0.1, 0.15) is 24.2 Å². The van der Waals surface area contributed by atoms with Crippen molar-refractivity contribution in [1.82, 2.24) is 0 Å². The van der Waals surface area contributed by atoms with E-state index in [0.29, 0.717) is 26.4 Å². The molecule has 2 rings (SSSR count). The van der Waals surface area contributed by atoms with E-state index in [1.165, 1.54) is 0 Å². The van der Waals surface area contributed by atoms with Crippen LogP contribution in [0.5, 0.6) is 5.75 Å². The summed E-state index contributed by atoms with van der Waals surface area (Å²) in [6, 6.07) is 7.61. The van der Waals surface area contributed by atoms with Gasteiger partial charge >= 0.3 is 0 Å². The number of ether oxygens (including phenoxy) is 6. The maximum atomic E-state index is 12.2. The Kier molecular flexibility index (Phi) is 12.1. The third-order valence-corrected chi connectivity index (χ3v) is 5.43. The lowest BCUT2D eigenvalue weighted by molar-refractivity contribution is -0.295. The van der Waals surface area contributed by atoms with Gasteiger partial charge in [0.05, 0.1) is 32.3 Å². The summed E-state index contributed by atoms with van der Waals surface area (Å²) in [5, 5.41) is 0. The van der Waals surface area contributed by atoms with Crippen LogP contribution in [0.25, 0.3) is 0 Å². The normalized spacial score (nSPS) is 26.0. The first-order valence-corrected chi connectivity index (χ1v) is 11.3. The molecular weight excluding hydrogens is 400 g/mol. The fourth-order valence-corrected chi connectivity index (χ4v) is 3.55. The van der Waals surface area contributed by atoms with Gasteiger partial charge in [0.25, 0.3) is 0 Å². The summed E-state index contributed by atoms with van der Waals surface area (Å²) >= 11 is 0. The smallest absolute Gasteiger partial charge is 0.184 e. The second-order valence-corrected chi connectivity index (χ2v) is 7.73. The average molecular weight is 439 g/mol. The van der Waals surface area contributed by atoms with E-state index in [1.54, 1.807) is 14.2 Å². The molecular formula is C24H38O7. The number of hydrogen-bond acceptors (Lipinski definition) is 7. The lowest BCUT2D eigenvalue weighted by atomic mass is 9.89. The van der Waals surface area contributed by atoms with Gasteiger partial charge in [0.15, 0.2) is 6.29 Å². The maximum absolute atomic E-state index is 12.2. The van der Waals surface area contributed by atoms with E-state index in [1.807, 2.05) is 24.3 Å². The van der Waals surface area contributed by atoms with Gasteiger partial charge in [-0.15, -0.1) is 0 Å². The van der Waals surface area contributed by atoms with Crippen molar-refractivity contribution in [3.05, 3.63) is 29.8 Å². The molecule has 0 N–H and O–H groups in total. The quantitative estimate of drug-likeness (QED) is 0.305. The summed E-state index contributed by atoms with van der Waals surface area (Å²) in [5.41, 5.74) is 0.966. The lowest BCUT2D eigenvalue weighted by Gasteiger charge is -2.43. The number of benzene rings is 1. The lowest BCUT2D eigenvalue weighted by Crippen LogP contribution is -2.58. The molecule has 1 fully saturated rings. The van der Waals surface area contributed by atoms with Crippen LogP contribution in [0.3, 0.4) is 0 Å². The van der Waals surface area contributed by atoms with Crippen LogP contribution in [0.2, 0.25) is 0 Å². The van der Waals surface area contributed by atoms with E-state index in [9.17, 15) is 4.79 Å². The van der Waals surface area contributed by atoms with Crippen molar-refractivity contribution in [3.8, 4) is 5.75 Å². The van der Waals surface area contributed by atoms with Crippen molar-refractivity contribution in [1.29, 1.82) is 0 Å². The van der Waals surface area contributed by atoms with Crippen molar-refractivity contribution in [2.24, 2.45) is 5.92 Å². The number of carbonyl (C=O) groups is 1. The fraction of sp³-hybridized carbons (Fsp3) is 0.708. The Balaban J connectivity index is 2.10. The van der Waals surface area contributed by atoms with E-state index >= 15 is 0 Å². The fourth-order valence-electron chi connectivity index (χ4n) is 3.55. The van der Waals surface area contributed by atoms with Gasteiger partial charge < -0.3 is 33.2 Å². The van der Waals surface area contributed by atoms with Crippen molar-refractivity contribution in [3.63, 3.8) is 0 Å². The highest BCUT2D eigenvalue weighted by Gasteiger charge is 2.47. The zero-order chi connectivity index (χ0) is 22.5. The van der Waals surface area contributed by atoms with Crippen molar-refractivity contribution in [2.75, 3.05) is 34.0 Å². The van der Waals surface area contributed by atoms with Crippen LogP contribution in [-0.2, 0) is 35.1 Å². The van der Waals surface area contributed by atoms with Gasteiger partial charge in [-0.3, -0.25) is 0 Å². The SMILES string of the molecule is CCCCOCC1O[C@@H](OC)[C@@H](OCc2ccc(OC)cc2)C(C=O)[C@H]1OCCCC. The minimum absolute atomic E-state index is 0.321. The summed E-state index contributed by atoms with van der Waals surface area (Å²) in [7, 11) is 3.19. The van der Waals surface area contributed by atoms with Crippen LogP contribution in [0.1, 0.15) is 45.1 Å². The molecule has 0 amide bonds. The molecule has 7 heteroatoms. The number of carbonyl (C=O) groups excluding carboxylic acids is 1. The minimum atomic E-state index is -0.681. The van der Waals surface area contributed by atoms with Crippen LogP contribution in [0.15, 0.2) is 24.3 Å². The number of methoxy groups -OCH3 is 2. The van der Waals surface area contributed by atoms with E-state index in [0.717, 1.165) is 43.3 Å². The van der Waals surface area contributed by atoms with Gasteiger partial charge in [-0.2, -0.15) is 0 Å². The highest BCUT2D eigenvalue weighted by molar-refractivity contribution is 5.56. The molecule has 1 aromatic rings. The third-order valence-electron chi connectivity index (χ3n) is 5.43. The van der Waals surface area contributed by atoms with Crippen LogP contribution in [0, 0.1) is 5.92 Å². The summed E-state index contributed by atoms with van der Waals surface area (Å²) in [6.07, 6.45) is 2.76. The zero-order valence-electron chi connectivity index (χ0n) is 19.3. The van der Waals surface area contributed by atoms with E-state index < -0.39 is 30.5 Å². The molecule has 1 heterocycles. The first kappa shape index (κ1) is 25.7. The van der Waals surface area contributed by atoms with Gasteiger partial charge in [-0.05, 0) is 30.5 Å². The molecule has 0 spiro atoms. The second kappa shape index (κ2) is 14.5. The first-order chi connectivity index (χ1) is 15.2. The van der Waals surface area contributed by atoms with Gasteiger partial charge in [-0.25, -0.2) is 0 Å². The molecule has 2 unspecified atom stereocenters. The van der Waals surface area contributed by atoms with Crippen LogP contribution in [-0.4, -0.2) is 64.9 Å². The zero-order valence-corrected chi connectivity index (χ0v) is 19.3. The van der Waals surface area contributed by atoms with Crippen LogP contribution >= 0.6 is 0 Å². The average Bonchev–Trinajstić information content (AvgIpc) is 2.81. The maximum Gasteiger partial charge on any atom is 0.184 e. The van der Waals surface area contributed by atoms with Crippen molar-refractivity contribution in [2.45, 2.75) is 70.7 Å². The molecule has 1 aromatic carbocycles. The number of rotatable bonds is 15. The molecule has 1 saturated heterocycles. The Hall–Kier alpha value is -1.51. The first-order valence-electron chi connectivity index (χ1n) is 11.3. The van der Waals surface area contributed by atoms with E-state index in [4.69, 9.17) is 28.4 Å². The predicted octanol–water partition coefficient (Wildman–Crippen LogP) is 3.77. The minimum Gasteiger partial charge on any atom is -0.497 e. The predicted molar refractivity (Wildman–Crippen MR) is 117 cm³/mol. The highest BCUT2D eigenvalue weighted by atomic mass is 16.7. The molecule has 0 saturated carbocycles. The molecule has 0 bridgehead atoms. The monoisotopic (exact) mass is 438 g/mol. The van der Waals surface area contributed by atoms with Gasteiger partial charge in [-0.1, -0.05) is 38.8 Å². The molecule has 31 heavy (non-hydrogen) atoms. The van der Waals surface area contributed by atoms with Crippen LogP contribution in [0.4, 0.5) is 0 Å². The Morgan fingerprint density at radius 3 is 2.29 bits per heavy atom. The van der Waals surface area contributed by atoms with Gasteiger partial charge in [0, 0.05) is 20.3 Å². The topological polar surface area (TPSA) is 72.5 Å². The second-order valence-electron chi connectivity index (χ2n) is 7.73. The summed E-state index contributed by atoms with van der Waals surface area (Å²) in [5.74, 6) is 0.258. The molecule has 5 atom stereocenters. The highest BCUT2D eigenvalue weighted by Crippen LogP contribution is 2.31.